The molecule has 0 amide bonds. The first-order chi connectivity index (χ1) is 18.3. The van der Waals surface area contributed by atoms with Crippen molar-refractivity contribution in [2.75, 3.05) is 18.5 Å². The first kappa shape index (κ1) is 26.2. The molecule has 196 valence electrons. The van der Waals surface area contributed by atoms with Gasteiger partial charge in [-0.3, -0.25) is 4.57 Å². The second kappa shape index (κ2) is 10.7. The molecular weight excluding hydrogens is 643 g/mol. The van der Waals surface area contributed by atoms with E-state index < -0.39 is 15.8 Å². The summed E-state index contributed by atoms with van der Waals surface area (Å²) in [4.78, 5) is 16.8. The summed E-state index contributed by atoms with van der Waals surface area (Å²) in [6.45, 7) is 0.228. The highest BCUT2D eigenvalue weighted by atomic mass is 127. The smallest absolute Gasteiger partial charge is 0.420 e. The van der Waals surface area contributed by atoms with Crippen LogP contribution in [0.3, 0.4) is 0 Å². The Morgan fingerprint density at radius 1 is 1.05 bits per heavy atom. The van der Waals surface area contributed by atoms with Crippen molar-refractivity contribution in [1.29, 1.82) is 0 Å². The Morgan fingerprint density at radius 2 is 1.87 bits per heavy atom. The zero-order chi connectivity index (χ0) is 26.9. The van der Waals surface area contributed by atoms with E-state index in [9.17, 15) is 13.2 Å². The van der Waals surface area contributed by atoms with Gasteiger partial charge in [0, 0.05) is 32.8 Å². The maximum Gasteiger partial charge on any atom is 0.420 e. The Labute approximate surface area is 235 Å². The minimum atomic E-state index is -4.14. The topological polar surface area (TPSA) is 117 Å². The van der Waals surface area contributed by atoms with Crippen LogP contribution in [0.2, 0.25) is 0 Å². The molecule has 10 nitrogen and oxygen atoms in total. The van der Waals surface area contributed by atoms with E-state index in [1.165, 1.54) is 37.2 Å². The molecule has 0 aliphatic rings. The van der Waals surface area contributed by atoms with Crippen LogP contribution in [0.1, 0.15) is 11.1 Å². The van der Waals surface area contributed by atoms with Crippen molar-refractivity contribution < 1.29 is 22.3 Å². The Balaban J connectivity index is 1.54. The largest absolute Gasteiger partial charge is 0.497 e. The number of methoxy groups -OCH3 is 2. The molecular formula is C25H21IN4O6S2. The quantitative estimate of drug-likeness (QED) is 0.212. The first-order valence-electron chi connectivity index (χ1n) is 11.2. The summed E-state index contributed by atoms with van der Waals surface area (Å²) in [5.41, 5.74) is 2.21. The van der Waals surface area contributed by atoms with E-state index in [0.29, 0.717) is 29.1 Å². The van der Waals surface area contributed by atoms with Crippen molar-refractivity contribution >= 4 is 60.4 Å². The predicted octanol–water partition coefficient (Wildman–Crippen LogP) is 4.51. The van der Waals surface area contributed by atoms with Crippen LogP contribution in [0.4, 0.5) is 5.13 Å². The summed E-state index contributed by atoms with van der Waals surface area (Å²) < 4.78 is 51.6. The fraction of sp³-hybridized carbons (Fsp3) is 0.160. The van der Waals surface area contributed by atoms with Gasteiger partial charge in [0.05, 0.1) is 37.7 Å². The Kier molecular flexibility index (Phi) is 7.40. The van der Waals surface area contributed by atoms with E-state index in [4.69, 9.17) is 13.9 Å². The number of hydrogen-bond donors (Lipinski definition) is 0. The molecule has 0 spiro atoms. The van der Waals surface area contributed by atoms with Crippen LogP contribution < -0.4 is 19.5 Å². The van der Waals surface area contributed by atoms with Crippen molar-refractivity contribution in [3.63, 3.8) is 0 Å². The van der Waals surface area contributed by atoms with Gasteiger partial charge in [-0.15, -0.1) is 0 Å². The summed E-state index contributed by atoms with van der Waals surface area (Å²) in [5.74, 6) is 0.465. The number of sulfonamides is 1. The highest BCUT2D eigenvalue weighted by Gasteiger charge is 2.29. The molecule has 0 saturated carbocycles. The first-order valence-corrected chi connectivity index (χ1v) is 14.5. The molecule has 0 fully saturated rings. The lowest BCUT2D eigenvalue weighted by atomic mass is 10.2. The zero-order valence-corrected chi connectivity index (χ0v) is 24.0. The fourth-order valence-electron chi connectivity index (χ4n) is 3.95. The maximum absolute atomic E-state index is 13.9. The molecule has 0 unspecified atom stereocenters. The molecule has 0 aliphatic carbocycles. The van der Waals surface area contributed by atoms with E-state index in [0.717, 1.165) is 25.0 Å². The molecule has 5 aromatic rings. The molecule has 0 N–H and O–H groups in total. The Morgan fingerprint density at radius 3 is 2.58 bits per heavy atom. The number of benzene rings is 3. The number of fused-ring (bicyclic) bond motifs is 1. The Bertz CT molecular complexity index is 1770. The summed E-state index contributed by atoms with van der Waals surface area (Å²) in [6, 6.07) is 17.2. The lowest BCUT2D eigenvalue weighted by Crippen LogP contribution is -2.30. The average molecular weight is 665 g/mol. The van der Waals surface area contributed by atoms with Crippen molar-refractivity contribution in [2.45, 2.75) is 18.0 Å². The summed E-state index contributed by atoms with van der Waals surface area (Å²) in [5, 5.41) is 0.181. The van der Waals surface area contributed by atoms with Gasteiger partial charge in [0.1, 0.15) is 17.8 Å². The fourth-order valence-corrected chi connectivity index (χ4v) is 6.65. The van der Waals surface area contributed by atoms with Crippen molar-refractivity contribution in [2.24, 2.45) is 0 Å². The van der Waals surface area contributed by atoms with Gasteiger partial charge in [-0.2, -0.15) is 4.37 Å². The third-order valence-corrected chi connectivity index (χ3v) is 9.47. The average Bonchev–Trinajstić information content (AvgIpc) is 3.56. The molecule has 13 heteroatoms. The van der Waals surface area contributed by atoms with Gasteiger partial charge in [-0.25, -0.2) is 22.5 Å². The monoisotopic (exact) mass is 664 g/mol. The third-order valence-electron chi connectivity index (χ3n) is 5.89. The lowest BCUT2D eigenvalue weighted by Gasteiger charge is -2.22. The minimum Gasteiger partial charge on any atom is -0.497 e. The van der Waals surface area contributed by atoms with Gasteiger partial charge in [-0.1, -0.05) is 18.2 Å². The normalized spacial score (nSPS) is 11.6. The van der Waals surface area contributed by atoms with E-state index in [1.807, 2.05) is 24.3 Å². The van der Waals surface area contributed by atoms with Crippen molar-refractivity contribution in [3.05, 3.63) is 92.2 Å². The Hall–Kier alpha value is -3.43. The summed E-state index contributed by atoms with van der Waals surface area (Å²) in [6.07, 6.45) is 1.29. The summed E-state index contributed by atoms with van der Waals surface area (Å²) in [7, 11) is -1.11. The third kappa shape index (κ3) is 5.00. The molecule has 0 radical (unpaired) electrons. The number of oxazole rings is 1. The highest BCUT2D eigenvalue weighted by Crippen LogP contribution is 2.32. The van der Waals surface area contributed by atoms with Crippen LogP contribution in [0.5, 0.6) is 11.5 Å². The number of nitrogens with zero attached hydrogens (tertiary/aromatic N) is 4. The number of aromatic nitrogens is 3. The molecule has 0 saturated heterocycles. The maximum atomic E-state index is 13.9. The number of anilines is 1. The van der Waals surface area contributed by atoms with Gasteiger partial charge < -0.3 is 13.9 Å². The SMILES string of the molecule is COc1ccc(CN(c2ncns2)S(=O)(=O)c2ccc3c(c2)oc(=O)n3Cc2ccccc2I)c(OC)c1. The van der Waals surface area contributed by atoms with Crippen LogP contribution in [-0.4, -0.2) is 36.6 Å². The van der Waals surface area contributed by atoms with Crippen LogP contribution in [0, 0.1) is 3.57 Å². The van der Waals surface area contributed by atoms with Crippen LogP contribution in [-0.2, 0) is 23.1 Å². The van der Waals surface area contributed by atoms with E-state index >= 15 is 0 Å². The van der Waals surface area contributed by atoms with E-state index in [2.05, 4.69) is 31.9 Å². The number of hydrogen-bond acceptors (Lipinski definition) is 9. The van der Waals surface area contributed by atoms with Gasteiger partial charge in [0.25, 0.3) is 10.0 Å². The van der Waals surface area contributed by atoms with Crippen LogP contribution in [0.15, 0.2) is 81.1 Å². The van der Waals surface area contributed by atoms with Gasteiger partial charge in [-0.05, 0) is 58.5 Å². The second-order valence-electron chi connectivity index (χ2n) is 8.09. The molecule has 2 heterocycles. The zero-order valence-electron chi connectivity index (χ0n) is 20.2. The highest BCUT2D eigenvalue weighted by molar-refractivity contribution is 14.1. The van der Waals surface area contributed by atoms with Crippen molar-refractivity contribution in [1.82, 2.24) is 13.9 Å². The summed E-state index contributed by atoms with van der Waals surface area (Å²) >= 11 is 3.16. The minimum absolute atomic E-state index is 0.0529. The van der Waals surface area contributed by atoms with Crippen LogP contribution >= 0.6 is 34.1 Å². The molecule has 5 rings (SSSR count). The molecule has 38 heavy (non-hydrogen) atoms. The number of ether oxygens (including phenoxy) is 2. The predicted molar refractivity (Wildman–Crippen MR) is 152 cm³/mol. The number of halogens is 1. The number of rotatable bonds is 9. The van der Waals surface area contributed by atoms with E-state index in [1.54, 1.807) is 24.3 Å². The van der Waals surface area contributed by atoms with Crippen molar-refractivity contribution in [3.8, 4) is 11.5 Å². The van der Waals surface area contributed by atoms with Gasteiger partial charge in [0.15, 0.2) is 5.58 Å². The van der Waals surface area contributed by atoms with E-state index in [-0.39, 0.29) is 22.2 Å². The molecule has 0 atom stereocenters. The molecule has 0 aliphatic heterocycles. The standard InChI is InChI=1S/C25H21IN4O6S2/c1-34-18-8-7-17(22(11-18)35-2)14-30(24-27-15-28-37-24)38(32,33)19-9-10-21-23(12-19)36-25(31)29(21)13-16-5-3-4-6-20(16)26/h3-12,15H,13-14H2,1-2H3. The molecule has 3 aromatic carbocycles. The van der Waals surface area contributed by atoms with Gasteiger partial charge >= 0.3 is 5.76 Å². The molecule has 2 aromatic heterocycles. The van der Waals surface area contributed by atoms with Gasteiger partial charge in [0.2, 0.25) is 5.13 Å². The second-order valence-corrected chi connectivity index (χ2v) is 11.9. The molecule has 0 bridgehead atoms. The van der Waals surface area contributed by atoms with Crippen LogP contribution in [0.25, 0.3) is 11.1 Å². The lowest BCUT2D eigenvalue weighted by molar-refractivity contribution is 0.391.